The molecule has 0 spiro atoms. The Labute approximate surface area is 584 Å². The van der Waals surface area contributed by atoms with Crippen LogP contribution in [-0.2, 0) is 33.6 Å². The van der Waals surface area contributed by atoms with E-state index in [4.69, 9.17) is 76.5 Å². The Bertz CT molecular complexity index is 3830. The smallest absolute Gasteiger partial charge is 0.320 e. The second-order valence-corrected chi connectivity index (χ2v) is 22.2. The van der Waals surface area contributed by atoms with Gasteiger partial charge in [0.25, 0.3) is 5.69 Å². The molecule has 5 atom stereocenters. The van der Waals surface area contributed by atoms with E-state index >= 15 is 0 Å². The third-order valence-corrected chi connectivity index (χ3v) is 13.9. The number of anilines is 4. The lowest BCUT2D eigenvalue weighted by atomic mass is 10.0. The summed E-state index contributed by atoms with van der Waals surface area (Å²) in [6.07, 6.45) is -1.23. The number of benzene rings is 6. The van der Waals surface area contributed by atoms with Gasteiger partial charge in [-0.3, -0.25) is 72.4 Å². The summed E-state index contributed by atoms with van der Waals surface area (Å²) >= 11 is 4.09. The lowest BCUT2D eigenvalue weighted by Gasteiger charge is -2.09. The molecule has 6 aromatic rings. The Morgan fingerprint density at radius 2 is 0.866 bits per heavy atom. The van der Waals surface area contributed by atoms with E-state index in [9.17, 15) is 77.5 Å². The number of rotatable bonds is 27. The molecule has 35 heteroatoms. The number of nitro groups is 1. The van der Waals surface area contributed by atoms with Gasteiger partial charge in [0.2, 0.25) is 6.41 Å². The number of carboxylic acid groups (broad SMARTS) is 6. The maximum absolute atomic E-state index is 11.9. The van der Waals surface area contributed by atoms with Crippen molar-refractivity contribution in [3.63, 3.8) is 0 Å². The van der Waals surface area contributed by atoms with Crippen LogP contribution in [0.3, 0.4) is 0 Å². The van der Waals surface area contributed by atoms with Gasteiger partial charge in [-0.1, -0.05) is 72.3 Å². The fraction of sp³-hybridized carbons (Fsp3) is 0.210. The zero-order chi connectivity index (χ0) is 73.3. The van der Waals surface area contributed by atoms with E-state index < -0.39 is 94.7 Å². The molecule has 0 bridgehead atoms. The van der Waals surface area contributed by atoms with Gasteiger partial charge in [-0.05, 0) is 107 Å². The van der Waals surface area contributed by atoms with Gasteiger partial charge in [0.05, 0.1) is 34.0 Å². The molecule has 0 heterocycles. The van der Waals surface area contributed by atoms with Crippen LogP contribution in [0.15, 0.2) is 127 Å². The maximum Gasteiger partial charge on any atom is 0.320 e. The number of para-hydroxylation sites is 4. The van der Waals surface area contributed by atoms with Crippen LogP contribution in [-0.4, -0.2) is 148 Å². The summed E-state index contributed by atoms with van der Waals surface area (Å²) in [5, 5.41) is 73.6. The van der Waals surface area contributed by atoms with Crippen LogP contribution in [0.1, 0.15) is 113 Å². The number of nitrogens with two attached hydrogens (primary N) is 8. The normalized spacial score (nSPS) is 11.5. The number of hydrogen-bond donors (Lipinski definition) is 16. The third kappa shape index (κ3) is 31.3. The number of nitrogens with zero attached hydrogens (tertiary/aromatic N) is 1. The number of halogens is 3. The number of nitrogen functional groups attached to an aromatic ring is 3. The molecule has 0 aliphatic carbocycles. The second-order valence-electron chi connectivity index (χ2n) is 19.8. The average molecular weight is 1600 g/mol. The molecule has 0 aliphatic rings. The molecule has 520 valence electrons. The largest absolute Gasteiger partial charge is 0.506 e. The highest BCUT2D eigenvalue weighted by atomic mass is 127. The summed E-state index contributed by atoms with van der Waals surface area (Å²) in [6, 6.07) is 26.7. The minimum atomic E-state index is -1.36. The van der Waals surface area contributed by atoms with E-state index in [1.165, 1.54) is 48.5 Å². The van der Waals surface area contributed by atoms with E-state index in [2.05, 4.69) is 27.9 Å². The van der Waals surface area contributed by atoms with Crippen molar-refractivity contribution in [3.8, 4) is 5.75 Å². The Kier molecular flexibility index (Phi) is 39.1. The number of nitrogens with one attached hydrogen (secondary N) is 1. The summed E-state index contributed by atoms with van der Waals surface area (Å²) in [5.74, 6) is -9.79. The lowest BCUT2D eigenvalue weighted by Crippen LogP contribution is -2.32. The minimum Gasteiger partial charge on any atom is -0.506 e. The number of hydrogen-bond acceptors (Lipinski definition) is 24. The van der Waals surface area contributed by atoms with Crippen LogP contribution in [0.4, 0.5) is 28.4 Å². The topological polar surface area (TPSA) is 627 Å². The number of amides is 1. The number of carboxylic acids is 6. The Morgan fingerprint density at radius 1 is 0.485 bits per heavy atom. The van der Waals surface area contributed by atoms with Gasteiger partial charge in [0, 0.05) is 85.2 Å². The zero-order valence-electron chi connectivity index (χ0n) is 51.0. The molecule has 6 rings (SSSR count). The van der Waals surface area contributed by atoms with Crippen molar-refractivity contribution in [3.05, 3.63) is 184 Å². The Morgan fingerprint density at radius 3 is 1.30 bits per heavy atom. The molecule has 0 aromatic heterocycles. The van der Waals surface area contributed by atoms with Crippen LogP contribution in [0, 0.1) is 24.2 Å². The predicted molar refractivity (Wildman–Crippen MR) is 371 cm³/mol. The number of phenolic OH excluding ortho intramolecular Hbond substituents is 1. The number of nitro benzene ring substituents is 1. The van der Waals surface area contributed by atoms with Crippen LogP contribution >= 0.6 is 57.6 Å². The number of carbonyl (C=O) groups excluding carboxylic acids is 7. The summed E-state index contributed by atoms with van der Waals surface area (Å²) in [7, 11) is 0. The van der Waals surface area contributed by atoms with Crippen molar-refractivity contribution in [2.24, 2.45) is 28.7 Å². The molecular formula is C62H69ClI2N10O22. The third-order valence-electron chi connectivity index (χ3n) is 12.4. The molecule has 0 saturated carbocycles. The molecule has 6 aromatic carbocycles. The number of phenols is 1. The number of aryl methyl sites for hydroxylation is 1. The van der Waals surface area contributed by atoms with Crippen LogP contribution in [0.25, 0.3) is 0 Å². The summed E-state index contributed by atoms with van der Waals surface area (Å²) in [4.78, 5) is 153. The highest BCUT2D eigenvalue weighted by molar-refractivity contribution is 14.1. The van der Waals surface area contributed by atoms with E-state index in [1.54, 1.807) is 60.7 Å². The minimum absolute atomic E-state index is 0. The SMILES string of the molecule is Cc1ccc(C(=O)CCC(=O)O)cc1.Cl.NC(CC(=O)c1ccccc1[N+](=O)[O-])C(=O)O.N[C@H](CC(=O)c1ccccc1NC=O)C(=O)O.Nc1c(I)cc(I)cc1C(=O)CC(N)C(=O)O.Nc1c(O)cccc1C(=O)CC(N)C(=O)O.Nc1ccccc1C(=O)C[C@@H](N)C(=O)O. The van der Waals surface area contributed by atoms with Crippen molar-refractivity contribution in [1.29, 1.82) is 0 Å². The highest BCUT2D eigenvalue weighted by Crippen LogP contribution is 2.27. The van der Waals surface area contributed by atoms with Crippen molar-refractivity contribution < 1.29 is 103 Å². The molecule has 97 heavy (non-hydrogen) atoms. The van der Waals surface area contributed by atoms with Gasteiger partial charge in [-0.2, -0.15) is 0 Å². The molecule has 1 amide bonds. The van der Waals surface area contributed by atoms with Crippen LogP contribution in [0.2, 0.25) is 0 Å². The summed E-state index contributed by atoms with van der Waals surface area (Å²) in [6.45, 7) is 1.94. The number of ketones is 6. The number of aromatic hydroxyl groups is 1. The molecule has 0 fully saturated rings. The lowest BCUT2D eigenvalue weighted by molar-refractivity contribution is -0.385. The van der Waals surface area contributed by atoms with Crippen molar-refractivity contribution in [2.45, 2.75) is 82.1 Å². The second kappa shape index (κ2) is 43.7. The number of carbonyl (C=O) groups is 13. The maximum atomic E-state index is 11.9. The average Bonchev–Trinajstić information content (AvgIpc) is 0.943. The van der Waals surface area contributed by atoms with Crippen molar-refractivity contribution in [2.75, 3.05) is 22.5 Å². The predicted octanol–water partition coefficient (Wildman–Crippen LogP) is 4.96. The zero-order valence-corrected chi connectivity index (χ0v) is 56.2. The van der Waals surface area contributed by atoms with Gasteiger partial charge in [-0.15, -0.1) is 12.4 Å². The molecule has 0 saturated heterocycles. The fourth-order valence-electron chi connectivity index (χ4n) is 7.24. The Hall–Kier alpha value is -10.2. The van der Waals surface area contributed by atoms with E-state index in [0.29, 0.717) is 40.2 Å². The monoisotopic (exact) mass is 1590 g/mol. The quantitative estimate of drug-likeness (QED) is 0.00616. The summed E-state index contributed by atoms with van der Waals surface area (Å²) < 4.78 is 1.63. The van der Waals surface area contributed by atoms with E-state index in [-0.39, 0.29) is 102 Å². The van der Waals surface area contributed by atoms with E-state index in [1.807, 2.05) is 47.7 Å². The first kappa shape index (κ1) is 86.8. The molecule has 3 unspecified atom stereocenters. The molecule has 32 nitrogen and oxygen atoms in total. The Balaban J connectivity index is 0.00000114. The van der Waals surface area contributed by atoms with Crippen LogP contribution in [0.5, 0.6) is 5.75 Å². The first-order valence-electron chi connectivity index (χ1n) is 27.5. The summed E-state index contributed by atoms with van der Waals surface area (Å²) in [5.41, 5.74) is 46.2. The number of aliphatic carboxylic acids is 6. The molecule has 0 radical (unpaired) electrons. The molecule has 24 N–H and O–H groups in total. The van der Waals surface area contributed by atoms with Gasteiger partial charge in [-0.25, -0.2) is 0 Å². The van der Waals surface area contributed by atoms with Crippen LogP contribution < -0.4 is 51.2 Å². The fourth-order valence-corrected chi connectivity index (χ4v) is 9.08. The number of Topliss-reactive ketones (excluding diaryl/α,β-unsaturated/α-hetero) is 6. The molecular weight excluding hydrogens is 1530 g/mol. The standard InChI is InChI=1S/C11H12N2O4.C11H12O3.C10H10I2N2O3.C10H10N2O5.C10H12N2O4.C10H12N2O3.ClH/c12-8(11(16)17)5-10(15)7-3-1-2-4-9(7)13-6-14;1-8-2-4-9(5-3-8)10(12)6-7-11(13)14;11-4-1-5(9(14)6(12)2-4)8(15)3-7(13)10(16)17;11-7(10(14)15)5-9(13)6-3-1-2-4-8(6)12(16)17;11-6(10(15)16)4-8(14)5-2-1-3-7(13)9(5)12;11-7-4-2-1-3-6(7)9(13)5-8(12)10(14)15;/h1-4,6,8H,5,12H2,(H,13,14)(H,16,17);2-5H,6-7H2,1H3,(H,13,14);1-2,7H,3,13-14H2,(H,16,17);1-4,7H,5,11H2,(H,14,15);1-3,6,13H,4,11-12H2,(H,15,16);1-4,8H,5,11-12H2,(H,14,15);1H/t8-;;;;;8-;/m1....1./s1. The van der Waals surface area contributed by atoms with Gasteiger partial charge < -0.3 is 86.9 Å². The van der Waals surface area contributed by atoms with Crippen molar-refractivity contribution >= 4 is 163 Å². The first-order valence-corrected chi connectivity index (χ1v) is 29.6. The van der Waals surface area contributed by atoms with Crippen molar-refractivity contribution in [1.82, 2.24) is 0 Å². The van der Waals surface area contributed by atoms with Gasteiger partial charge in [0.15, 0.2) is 34.7 Å². The van der Waals surface area contributed by atoms with Gasteiger partial charge >= 0.3 is 35.8 Å². The van der Waals surface area contributed by atoms with E-state index in [0.717, 1.165) is 12.7 Å². The first-order chi connectivity index (χ1) is 44.9. The highest BCUT2D eigenvalue weighted by Gasteiger charge is 2.26. The molecule has 0 aliphatic heterocycles. The van der Waals surface area contributed by atoms with Gasteiger partial charge in [0.1, 0.15) is 36.0 Å².